The Balaban J connectivity index is 1.54. The van der Waals surface area contributed by atoms with Crippen LogP contribution >= 0.6 is 23.2 Å². The lowest BCUT2D eigenvalue weighted by atomic mass is 10.1. The van der Waals surface area contributed by atoms with Crippen molar-refractivity contribution in [2.45, 2.75) is 26.1 Å². The highest BCUT2D eigenvalue weighted by molar-refractivity contribution is 6.35. The molecule has 1 heterocycles. The molecule has 3 aromatic rings. The molecule has 1 aromatic heterocycles. The molecule has 5 nitrogen and oxygen atoms in total. The zero-order valence-corrected chi connectivity index (χ0v) is 16.3. The van der Waals surface area contributed by atoms with Crippen LogP contribution in [0.1, 0.15) is 29.7 Å². The average Bonchev–Trinajstić information content (AvgIpc) is 3.13. The summed E-state index contributed by atoms with van der Waals surface area (Å²) < 4.78 is 1.86. The predicted molar refractivity (Wildman–Crippen MR) is 108 cm³/mol. The second-order valence-corrected chi connectivity index (χ2v) is 7.08. The van der Waals surface area contributed by atoms with Gasteiger partial charge in [0, 0.05) is 29.0 Å². The summed E-state index contributed by atoms with van der Waals surface area (Å²) in [5, 5.41) is 11.1. The highest BCUT2D eigenvalue weighted by atomic mass is 35.5. The van der Waals surface area contributed by atoms with Crippen LogP contribution in [0.25, 0.3) is 0 Å². The summed E-state index contributed by atoms with van der Waals surface area (Å²) in [6, 6.07) is 14.7. The van der Waals surface area contributed by atoms with Gasteiger partial charge in [-0.2, -0.15) is 5.10 Å². The van der Waals surface area contributed by atoms with Gasteiger partial charge in [-0.05, 0) is 41.8 Å². The maximum Gasteiger partial charge on any atom is 0.315 e. The zero-order valence-electron chi connectivity index (χ0n) is 14.8. The molecule has 2 amide bonds. The number of carbonyl (C=O) groups is 1. The Bertz CT molecular complexity index is 912. The average molecular weight is 403 g/mol. The fourth-order valence-corrected chi connectivity index (χ4v) is 3.35. The van der Waals surface area contributed by atoms with E-state index >= 15 is 0 Å². The van der Waals surface area contributed by atoms with Crippen molar-refractivity contribution in [1.82, 2.24) is 20.4 Å². The number of urea groups is 1. The van der Waals surface area contributed by atoms with Crippen molar-refractivity contribution >= 4 is 29.2 Å². The molecule has 0 fully saturated rings. The number of hydrogen-bond donors (Lipinski definition) is 2. The molecule has 27 heavy (non-hydrogen) atoms. The molecule has 1 atom stereocenters. The molecule has 3 rings (SSSR count). The first-order chi connectivity index (χ1) is 13.0. The minimum atomic E-state index is -0.258. The molecule has 140 valence electrons. The van der Waals surface area contributed by atoms with E-state index in [1.807, 2.05) is 48.1 Å². The van der Waals surface area contributed by atoms with Gasteiger partial charge in [0.1, 0.15) is 0 Å². The second-order valence-electron chi connectivity index (χ2n) is 6.24. The van der Waals surface area contributed by atoms with E-state index in [-0.39, 0.29) is 12.1 Å². The summed E-state index contributed by atoms with van der Waals surface area (Å²) in [7, 11) is 0. The Morgan fingerprint density at radius 2 is 1.96 bits per heavy atom. The summed E-state index contributed by atoms with van der Waals surface area (Å²) in [5.41, 5.74) is 2.96. The van der Waals surface area contributed by atoms with E-state index in [1.54, 1.807) is 18.3 Å². The summed E-state index contributed by atoms with van der Waals surface area (Å²) >= 11 is 12.1. The van der Waals surface area contributed by atoms with Gasteiger partial charge in [-0.15, -0.1) is 0 Å². The number of rotatable bonds is 6. The molecular weight excluding hydrogens is 383 g/mol. The number of halogens is 2. The van der Waals surface area contributed by atoms with Gasteiger partial charge in [0.2, 0.25) is 0 Å². The van der Waals surface area contributed by atoms with Crippen molar-refractivity contribution in [3.8, 4) is 0 Å². The smallest absolute Gasteiger partial charge is 0.315 e. The van der Waals surface area contributed by atoms with Crippen LogP contribution < -0.4 is 10.6 Å². The van der Waals surface area contributed by atoms with Crippen molar-refractivity contribution in [2.75, 3.05) is 0 Å². The summed E-state index contributed by atoms with van der Waals surface area (Å²) in [6.45, 7) is 3.00. The molecule has 0 aliphatic carbocycles. The Labute approximate surface area is 168 Å². The summed E-state index contributed by atoms with van der Waals surface area (Å²) in [6.07, 6.45) is 3.67. The van der Waals surface area contributed by atoms with Crippen molar-refractivity contribution in [1.29, 1.82) is 0 Å². The number of nitrogens with one attached hydrogen (secondary N) is 2. The molecule has 0 saturated heterocycles. The third-order valence-corrected chi connectivity index (χ3v) is 4.69. The van der Waals surface area contributed by atoms with Gasteiger partial charge in [-0.25, -0.2) is 4.79 Å². The molecular formula is C20H20Cl2N4O. The van der Waals surface area contributed by atoms with Crippen molar-refractivity contribution < 1.29 is 4.79 Å². The minimum Gasteiger partial charge on any atom is -0.334 e. The largest absolute Gasteiger partial charge is 0.334 e. The third kappa shape index (κ3) is 5.49. The lowest BCUT2D eigenvalue weighted by Gasteiger charge is -2.16. The van der Waals surface area contributed by atoms with Gasteiger partial charge >= 0.3 is 6.03 Å². The lowest BCUT2D eigenvalue weighted by Crippen LogP contribution is -2.36. The first-order valence-electron chi connectivity index (χ1n) is 8.56. The molecule has 2 N–H and O–H groups in total. The van der Waals surface area contributed by atoms with Crippen LogP contribution in [-0.2, 0) is 13.1 Å². The highest BCUT2D eigenvalue weighted by Crippen LogP contribution is 2.25. The first-order valence-corrected chi connectivity index (χ1v) is 9.31. The van der Waals surface area contributed by atoms with E-state index in [1.165, 1.54) is 0 Å². The van der Waals surface area contributed by atoms with Crippen LogP contribution in [0, 0.1) is 0 Å². The van der Waals surface area contributed by atoms with Crippen LogP contribution in [0.5, 0.6) is 0 Å². The number of carbonyl (C=O) groups excluding carboxylic acids is 1. The molecule has 0 spiro atoms. The Kier molecular flexibility index (Phi) is 6.37. The number of hydrogen-bond acceptors (Lipinski definition) is 2. The number of amides is 2. The molecule has 7 heteroatoms. The zero-order chi connectivity index (χ0) is 19.2. The van der Waals surface area contributed by atoms with E-state index in [9.17, 15) is 4.79 Å². The summed E-state index contributed by atoms with van der Waals surface area (Å²) in [5.74, 6) is 0. The number of nitrogens with zero attached hydrogens (tertiary/aromatic N) is 2. The van der Waals surface area contributed by atoms with E-state index in [4.69, 9.17) is 23.2 Å². The topological polar surface area (TPSA) is 59.0 Å². The Morgan fingerprint density at radius 3 is 2.70 bits per heavy atom. The number of aromatic nitrogens is 2. The lowest BCUT2D eigenvalue weighted by molar-refractivity contribution is 0.237. The van der Waals surface area contributed by atoms with E-state index in [0.29, 0.717) is 23.1 Å². The number of benzene rings is 2. The van der Waals surface area contributed by atoms with Crippen LogP contribution in [0.4, 0.5) is 4.79 Å². The van der Waals surface area contributed by atoms with Gasteiger partial charge < -0.3 is 10.6 Å². The monoisotopic (exact) mass is 402 g/mol. The van der Waals surface area contributed by atoms with Crippen molar-refractivity contribution in [2.24, 2.45) is 0 Å². The highest BCUT2D eigenvalue weighted by Gasteiger charge is 2.12. The molecule has 0 aliphatic rings. The maximum atomic E-state index is 12.2. The fourth-order valence-electron chi connectivity index (χ4n) is 2.78. The van der Waals surface area contributed by atoms with E-state index in [0.717, 1.165) is 16.7 Å². The van der Waals surface area contributed by atoms with Gasteiger partial charge in [0.25, 0.3) is 0 Å². The Hall–Kier alpha value is -2.50. The van der Waals surface area contributed by atoms with Crippen LogP contribution in [0.15, 0.2) is 60.9 Å². The van der Waals surface area contributed by atoms with Crippen LogP contribution in [0.3, 0.4) is 0 Å². The van der Waals surface area contributed by atoms with Crippen molar-refractivity contribution in [3.05, 3.63) is 87.7 Å². The standard InChI is InChI=1S/C20H20Cl2N4O/c1-14(18-7-6-17(21)11-19(18)22)25-20(27)23-12-15-4-2-5-16(10-15)13-26-9-3-8-24-26/h2-11,14H,12-13H2,1H3,(H2,23,25,27). The second kappa shape index (κ2) is 8.93. The van der Waals surface area contributed by atoms with Gasteiger partial charge in [0.05, 0.1) is 12.6 Å². The van der Waals surface area contributed by atoms with E-state index < -0.39 is 0 Å². The van der Waals surface area contributed by atoms with Gasteiger partial charge in [0.15, 0.2) is 0 Å². The van der Waals surface area contributed by atoms with Crippen molar-refractivity contribution in [3.63, 3.8) is 0 Å². The normalized spacial score (nSPS) is 11.8. The molecule has 1 unspecified atom stereocenters. The van der Waals surface area contributed by atoms with Gasteiger partial charge in [-0.1, -0.05) is 53.5 Å². The fraction of sp³-hybridized carbons (Fsp3) is 0.200. The first kappa shape index (κ1) is 19.3. The molecule has 2 aromatic carbocycles. The molecule has 0 saturated carbocycles. The predicted octanol–water partition coefficient (Wildman–Crippen LogP) is 4.80. The quantitative estimate of drug-likeness (QED) is 0.621. The van der Waals surface area contributed by atoms with Gasteiger partial charge in [-0.3, -0.25) is 4.68 Å². The van der Waals surface area contributed by atoms with Crippen LogP contribution in [-0.4, -0.2) is 15.8 Å². The minimum absolute atomic E-state index is 0.235. The molecule has 0 radical (unpaired) electrons. The van der Waals surface area contributed by atoms with Crippen LogP contribution in [0.2, 0.25) is 10.0 Å². The molecule has 0 aliphatic heterocycles. The van der Waals surface area contributed by atoms with E-state index in [2.05, 4.69) is 21.8 Å². The Morgan fingerprint density at radius 1 is 1.15 bits per heavy atom. The summed E-state index contributed by atoms with van der Waals surface area (Å²) in [4.78, 5) is 12.2. The maximum absolute atomic E-state index is 12.2. The molecule has 0 bridgehead atoms. The SMILES string of the molecule is CC(NC(=O)NCc1cccc(Cn2cccn2)c1)c1ccc(Cl)cc1Cl. The third-order valence-electron chi connectivity index (χ3n) is 4.12.